The van der Waals surface area contributed by atoms with Crippen LogP contribution in [0.3, 0.4) is 0 Å². The van der Waals surface area contributed by atoms with Crippen LogP contribution in [0.15, 0.2) is 9.70 Å². The van der Waals surface area contributed by atoms with Crippen LogP contribution in [0.2, 0.25) is 0 Å². The second kappa shape index (κ2) is 11.3. The molecule has 2 aliphatic rings. The number of piperidine rings is 1. The third-order valence-electron chi connectivity index (χ3n) is 6.76. The lowest BCUT2D eigenvalue weighted by molar-refractivity contribution is -0.122. The van der Waals surface area contributed by atoms with Crippen LogP contribution in [0.5, 0.6) is 0 Å². The molecule has 33 heavy (non-hydrogen) atoms. The van der Waals surface area contributed by atoms with Crippen molar-refractivity contribution in [3.05, 3.63) is 31.9 Å². The highest BCUT2D eigenvalue weighted by Crippen LogP contribution is 2.37. The van der Waals surface area contributed by atoms with E-state index in [2.05, 4.69) is 24.8 Å². The Morgan fingerprint density at radius 3 is 2.52 bits per heavy atom. The van der Waals surface area contributed by atoms with E-state index in [9.17, 15) is 14.9 Å². The number of unbranched alkanes of at least 4 members (excludes halogenated alkanes) is 1. The molecule has 1 aromatic rings. The van der Waals surface area contributed by atoms with Crippen molar-refractivity contribution >= 4 is 46.1 Å². The summed E-state index contributed by atoms with van der Waals surface area (Å²) < 4.78 is 2.16. The summed E-state index contributed by atoms with van der Waals surface area (Å²) in [6.45, 7) is 8.51. The number of anilines is 1. The van der Waals surface area contributed by atoms with Crippen molar-refractivity contribution in [1.29, 1.82) is 5.26 Å². The minimum Gasteiger partial charge on any atom is -0.357 e. The van der Waals surface area contributed by atoms with E-state index in [4.69, 9.17) is 12.2 Å². The fraction of sp³-hybridized carbons (Fsp3) is 0.600. The summed E-state index contributed by atoms with van der Waals surface area (Å²) in [5.41, 5.74) is 1.24. The number of thiocarbonyl (C=S) groups is 1. The molecule has 3 rings (SSSR count). The molecule has 178 valence electrons. The van der Waals surface area contributed by atoms with E-state index >= 15 is 0 Å². The summed E-state index contributed by atoms with van der Waals surface area (Å²) in [6, 6.07) is 2.07. The van der Waals surface area contributed by atoms with E-state index in [1.54, 1.807) is 23.4 Å². The second-order valence-corrected chi connectivity index (χ2v) is 10.6. The first-order chi connectivity index (χ1) is 15.8. The van der Waals surface area contributed by atoms with Gasteiger partial charge in [-0.15, -0.1) is 0 Å². The molecule has 1 aromatic heterocycles. The summed E-state index contributed by atoms with van der Waals surface area (Å²) >= 11 is 6.91. The Morgan fingerprint density at radius 1 is 1.21 bits per heavy atom. The molecule has 0 aromatic carbocycles. The molecular weight excluding hydrogens is 452 g/mol. The van der Waals surface area contributed by atoms with Crippen molar-refractivity contribution in [2.75, 3.05) is 24.5 Å². The Hall–Kier alpha value is -2.11. The van der Waals surface area contributed by atoms with Gasteiger partial charge in [0.15, 0.2) is 0 Å². The van der Waals surface area contributed by atoms with Gasteiger partial charge in [-0.2, -0.15) is 5.26 Å². The molecule has 0 saturated carbocycles. The molecule has 2 saturated heterocycles. The zero-order valence-electron chi connectivity index (χ0n) is 20.1. The van der Waals surface area contributed by atoms with E-state index in [-0.39, 0.29) is 17.0 Å². The Labute approximate surface area is 206 Å². The number of pyridine rings is 1. The summed E-state index contributed by atoms with van der Waals surface area (Å²) in [6.07, 6.45) is 9.54. The maximum absolute atomic E-state index is 13.4. The van der Waals surface area contributed by atoms with E-state index in [1.165, 1.54) is 18.2 Å². The first kappa shape index (κ1) is 25.5. The van der Waals surface area contributed by atoms with E-state index in [0.29, 0.717) is 27.3 Å². The monoisotopic (exact) mass is 486 g/mol. The van der Waals surface area contributed by atoms with Crippen LogP contribution in [0.4, 0.5) is 5.82 Å². The van der Waals surface area contributed by atoms with Gasteiger partial charge >= 0.3 is 0 Å². The van der Waals surface area contributed by atoms with Crippen molar-refractivity contribution < 1.29 is 4.79 Å². The lowest BCUT2D eigenvalue weighted by atomic mass is 9.99. The van der Waals surface area contributed by atoms with Gasteiger partial charge in [-0.3, -0.25) is 19.1 Å². The number of carbonyl (C=O) groups is 1. The maximum Gasteiger partial charge on any atom is 0.270 e. The zero-order valence-corrected chi connectivity index (χ0v) is 21.8. The largest absolute Gasteiger partial charge is 0.357 e. The molecule has 1 unspecified atom stereocenters. The number of nitrogens with zero attached hydrogens (tertiary/aromatic N) is 4. The number of thioether (sulfide) groups is 1. The minimum absolute atomic E-state index is 0.0729. The van der Waals surface area contributed by atoms with E-state index < -0.39 is 0 Å². The third-order valence-corrected chi connectivity index (χ3v) is 8.13. The van der Waals surface area contributed by atoms with Crippen molar-refractivity contribution in [3.8, 4) is 6.07 Å². The molecule has 8 heteroatoms. The average molecular weight is 487 g/mol. The van der Waals surface area contributed by atoms with E-state index in [0.717, 1.165) is 63.0 Å². The Bertz CT molecular complexity index is 1050. The number of hydrogen-bond acceptors (Lipinski definition) is 6. The topological polar surface area (TPSA) is 69.3 Å². The highest BCUT2D eigenvalue weighted by molar-refractivity contribution is 8.26. The van der Waals surface area contributed by atoms with Crippen LogP contribution in [0.25, 0.3) is 6.08 Å². The number of aromatic nitrogens is 1. The normalized spacial score (nSPS) is 18.8. The van der Waals surface area contributed by atoms with Crippen molar-refractivity contribution in [2.24, 2.45) is 13.0 Å². The molecule has 0 N–H and O–H groups in total. The van der Waals surface area contributed by atoms with Crippen LogP contribution < -0.4 is 10.5 Å². The summed E-state index contributed by atoms with van der Waals surface area (Å²) in [5, 5.41) is 9.64. The van der Waals surface area contributed by atoms with Crippen LogP contribution in [-0.4, -0.2) is 39.3 Å². The van der Waals surface area contributed by atoms with Gasteiger partial charge in [-0.25, -0.2) is 0 Å². The standard InChI is InChI=1S/C25H34N4O2S2/c1-5-7-11-18(6-2)16-29-24(31)21(33-25(29)32)14-19-17(3)20(15-26)23(30)27(4)22(19)28-12-9-8-10-13-28/h14,18H,5-13,16H2,1-4H3/b21-14-. The van der Waals surface area contributed by atoms with Gasteiger partial charge in [0.05, 0.1) is 4.91 Å². The predicted molar refractivity (Wildman–Crippen MR) is 140 cm³/mol. The molecule has 0 spiro atoms. The SMILES string of the molecule is CCCCC(CC)CN1C(=O)/C(=C/c2c(C)c(C#N)c(=O)n(C)c2N2CCCCC2)SC1=S. The van der Waals surface area contributed by atoms with E-state index in [1.807, 2.05) is 6.08 Å². The van der Waals surface area contributed by atoms with Crippen LogP contribution in [-0.2, 0) is 11.8 Å². The smallest absolute Gasteiger partial charge is 0.270 e. The highest BCUT2D eigenvalue weighted by Gasteiger charge is 2.34. The lowest BCUT2D eigenvalue weighted by Crippen LogP contribution is -2.36. The Balaban J connectivity index is 2.02. The molecular formula is C25H34N4O2S2. The van der Waals surface area contributed by atoms with Crippen molar-refractivity contribution in [1.82, 2.24) is 9.47 Å². The Morgan fingerprint density at radius 2 is 1.91 bits per heavy atom. The lowest BCUT2D eigenvalue weighted by Gasteiger charge is -2.32. The summed E-state index contributed by atoms with van der Waals surface area (Å²) in [7, 11) is 1.72. The molecule has 2 fully saturated rings. The Kier molecular flexibility index (Phi) is 8.77. The zero-order chi connectivity index (χ0) is 24.1. The van der Waals surface area contributed by atoms with Gasteiger partial charge in [0, 0.05) is 32.2 Å². The summed E-state index contributed by atoms with van der Waals surface area (Å²) in [5.74, 6) is 1.15. The fourth-order valence-electron chi connectivity index (χ4n) is 4.66. The minimum atomic E-state index is -0.290. The van der Waals surface area contributed by atoms with Crippen LogP contribution >= 0.6 is 24.0 Å². The van der Waals surface area contributed by atoms with Crippen LogP contribution in [0, 0.1) is 24.2 Å². The number of nitriles is 1. The molecule has 0 radical (unpaired) electrons. The molecule has 3 heterocycles. The van der Waals surface area contributed by atoms with Gasteiger partial charge in [0.1, 0.15) is 21.8 Å². The molecule has 1 amide bonds. The van der Waals surface area contributed by atoms with Crippen LogP contribution in [0.1, 0.15) is 75.5 Å². The van der Waals surface area contributed by atoms with Crippen molar-refractivity contribution in [3.63, 3.8) is 0 Å². The first-order valence-corrected chi connectivity index (χ1v) is 13.2. The summed E-state index contributed by atoms with van der Waals surface area (Å²) in [4.78, 5) is 30.7. The molecule has 1 atom stereocenters. The number of hydrogen-bond donors (Lipinski definition) is 0. The number of carbonyl (C=O) groups excluding carboxylic acids is 1. The number of amides is 1. The molecule has 6 nitrogen and oxygen atoms in total. The highest BCUT2D eigenvalue weighted by atomic mass is 32.2. The van der Waals surface area contributed by atoms with Gasteiger partial charge in [-0.05, 0) is 50.2 Å². The number of rotatable bonds is 8. The third kappa shape index (κ3) is 5.36. The van der Waals surface area contributed by atoms with Gasteiger partial charge < -0.3 is 4.90 Å². The quantitative estimate of drug-likeness (QED) is 0.382. The average Bonchev–Trinajstić information content (AvgIpc) is 3.08. The van der Waals surface area contributed by atoms with Gasteiger partial charge in [0.25, 0.3) is 11.5 Å². The van der Waals surface area contributed by atoms with Gasteiger partial charge in [-0.1, -0.05) is 57.1 Å². The first-order valence-electron chi connectivity index (χ1n) is 12.0. The molecule has 0 bridgehead atoms. The fourth-order valence-corrected chi connectivity index (χ4v) is 5.92. The van der Waals surface area contributed by atoms with Gasteiger partial charge in [0.2, 0.25) is 0 Å². The predicted octanol–water partition coefficient (Wildman–Crippen LogP) is 4.97. The molecule has 2 aliphatic heterocycles. The molecule has 0 aliphatic carbocycles. The van der Waals surface area contributed by atoms with Crippen molar-refractivity contribution in [2.45, 2.75) is 65.7 Å². The second-order valence-electron chi connectivity index (χ2n) is 8.97. The maximum atomic E-state index is 13.4.